The van der Waals surface area contributed by atoms with Gasteiger partial charge in [0, 0.05) is 17.4 Å². The summed E-state index contributed by atoms with van der Waals surface area (Å²) in [6.07, 6.45) is -4.10. The number of carbonyl (C=O) groups is 1. The Hall–Kier alpha value is -2.01. The molecule has 2 aromatic carbocycles. The lowest BCUT2D eigenvalue weighted by Crippen LogP contribution is -2.13. The second-order valence-corrected chi connectivity index (χ2v) is 5.06. The molecule has 0 heterocycles. The van der Waals surface area contributed by atoms with E-state index in [2.05, 4.69) is 0 Å². The molecule has 22 heavy (non-hydrogen) atoms. The van der Waals surface area contributed by atoms with Crippen molar-refractivity contribution in [1.29, 1.82) is 0 Å². The van der Waals surface area contributed by atoms with Crippen LogP contribution in [0.4, 0.5) is 13.2 Å². The van der Waals surface area contributed by atoms with Gasteiger partial charge in [0.15, 0.2) is 5.78 Å². The van der Waals surface area contributed by atoms with Crippen LogP contribution in [-0.4, -0.2) is 11.2 Å². The van der Waals surface area contributed by atoms with Crippen LogP contribution in [0, 0.1) is 0 Å². The number of rotatable bonds is 5. The molecule has 2 rings (SSSR count). The van der Waals surface area contributed by atoms with Crippen LogP contribution >= 0.6 is 12.2 Å². The smallest absolute Gasteiger partial charge is 0.294 e. The zero-order valence-electron chi connectivity index (χ0n) is 11.6. The molecule has 0 amide bonds. The highest BCUT2D eigenvalue weighted by molar-refractivity contribution is 7.79. The number of hydrogen-bond acceptors (Lipinski definition) is 2. The van der Waals surface area contributed by atoms with E-state index in [0.717, 1.165) is 17.2 Å². The molecule has 2 aromatic rings. The van der Waals surface area contributed by atoms with Gasteiger partial charge in [0.25, 0.3) is 0 Å². The van der Waals surface area contributed by atoms with E-state index in [0.29, 0.717) is 6.42 Å². The van der Waals surface area contributed by atoms with Crippen molar-refractivity contribution in [3.8, 4) is 0 Å². The third-order valence-corrected chi connectivity index (χ3v) is 3.56. The molecular formula is C17H13F3OS. The van der Waals surface area contributed by atoms with Crippen LogP contribution in [-0.2, 0) is 12.6 Å². The number of alkyl halides is 3. The van der Waals surface area contributed by atoms with Gasteiger partial charge in [0.05, 0.1) is 5.56 Å². The molecule has 0 fully saturated rings. The minimum absolute atomic E-state index is 0.0318. The fourth-order valence-electron chi connectivity index (χ4n) is 2.13. The Bertz CT molecular complexity index is 675. The lowest BCUT2D eigenvalue weighted by atomic mass is 9.98. The quantitative estimate of drug-likeness (QED) is 0.577. The van der Waals surface area contributed by atoms with Crippen molar-refractivity contribution < 1.29 is 18.0 Å². The van der Waals surface area contributed by atoms with E-state index in [4.69, 9.17) is 12.2 Å². The first-order valence-electron chi connectivity index (χ1n) is 6.65. The first-order valence-corrected chi connectivity index (χ1v) is 7.12. The molecule has 114 valence electrons. The summed E-state index contributed by atoms with van der Waals surface area (Å²) in [6.45, 7) is 0. The number of ketones is 1. The van der Waals surface area contributed by atoms with Crippen molar-refractivity contribution in [3.63, 3.8) is 0 Å². The van der Waals surface area contributed by atoms with Crippen LogP contribution in [0.15, 0.2) is 48.5 Å². The zero-order valence-corrected chi connectivity index (χ0v) is 12.4. The summed E-state index contributed by atoms with van der Waals surface area (Å²) in [5.74, 6) is -0.508. The van der Waals surface area contributed by atoms with Gasteiger partial charge in [-0.25, -0.2) is 0 Å². The summed E-state index contributed by atoms with van der Waals surface area (Å²) in [7, 11) is 0. The summed E-state index contributed by atoms with van der Waals surface area (Å²) in [5.41, 5.74) is 0.618. The highest BCUT2D eigenvalue weighted by Gasteiger charge is 2.34. The maximum atomic E-state index is 12.9. The minimum Gasteiger partial charge on any atom is -0.294 e. The van der Waals surface area contributed by atoms with E-state index in [1.807, 2.05) is 24.3 Å². The van der Waals surface area contributed by atoms with Gasteiger partial charge in [-0.05, 0) is 23.6 Å². The van der Waals surface area contributed by atoms with Crippen LogP contribution in [0.3, 0.4) is 0 Å². The fourth-order valence-corrected chi connectivity index (χ4v) is 2.29. The molecule has 0 saturated heterocycles. The Kier molecular flexibility index (Phi) is 5.08. The Morgan fingerprint density at radius 3 is 2.27 bits per heavy atom. The summed E-state index contributed by atoms with van der Waals surface area (Å²) in [5, 5.41) is 1.54. The van der Waals surface area contributed by atoms with E-state index < -0.39 is 17.5 Å². The molecule has 0 aliphatic heterocycles. The SMILES string of the molecule is O=C(CCc1ccc(C=S)cc1)c1ccccc1C(F)(F)F. The number of thiocarbonyl (C=S) groups is 1. The molecule has 0 radical (unpaired) electrons. The van der Waals surface area contributed by atoms with Crippen LogP contribution in [0.2, 0.25) is 0 Å². The summed E-state index contributed by atoms with van der Waals surface area (Å²) in [4.78, 5) is 12.1. The zero-order chi connectivity index (χ0) is 16.2. The molecule has 0 atom stereocenters. The largest absolute Gasteiger partial charge is 0.417 e. The van der Waals surface area contributed by atoms with Gasteiger partial charge in [0.1, 0.15) is 0 Å². The molecule has 0 unspecified atom stereocenters. The van der Waals surface area contributed by atoms with Crippen LogP contribution in [0.25, 0.3) is 0 Å². The van der Waals surface area contributed by atoms with E-state index >= 15 is 0 Å². The predicted molar refractivity (Wildman–Crippen MR) is 83.3 cm³/mol. The molecule has 0 aromatic heterocycles. The molecule has 0 spiro atoms. The lowest BCUT2D eigenvalue weighted by Gasteiger charge is -2.11. The second kappa shape index (κ2) is 6.83. The van der Waals surface area contributed by atoms with Gasteiger partial charge in [0.2, 0.25) is 0 Å². The van der Waals surface area contributed by atoms with E-state index in [9.17, 15) is 18.0 Å². The fraction of sp³-hybridized carbons (Fsp3) is 0.176. The van der Waals surface area contributed by atoms with Crippen molar-refractivity contribution >= 4 is 23.4 Å². The predicted octanol–water partition coefficient (Wildman–Crippen LogP) is 4.87. The van der Waals surface area contributed by atoms with E-state index in [1.54, 1.807) is 0 Å². The Morgan fingerprint density at radius 2 is 1.68 bits per heavy atom. The lowest BCUT2D eigenvalue weighted by molar-refractivity contribution is -0.137. The second-order valence-electron chi connectivity index (χ2n) is 4.83. The number of hydrogen-bond donors (Lipinski definition) is 0. The molecular weight excluding hydrogens is 309 g/mol. The molecule has 5 heteroatoms. The average molecular weight is 322 g/mol. The van der Waals surface area contributed by atoms with Gasteiger partial charge in [-0.2, -0.15) is 13.2 Å². The highest BCUT2D eigenvalue weighted by atomic mass is 32.1. The molecule has 0 bridgehead atoms. The van der Waals surface area contributed by atoms with Gasteiger partial charge >= 0.3 is 6.18 Å². The minimum atomic E-state index is -4.52. The first-order chi connectivity index (χ1) is 10.4. The summed E-state index contributed by atoms with van der Waals surface area (Å²) in [6, 6.07) is 12.2. The maximum Gasteiger partial charge on any atom is 0.417 e. The Morgan fingerprint density at radius 1 is 1.05 bits per heavy atom. The van der Waals surface area contributed by atoms with Gasteiger partial charge in [-0.3, -0.25) is 4.79 Å². The van der Waals surface area contributed by atoms with Crippen LogP contribution < -0.4 is 0 Å². The van der Waals surface area contributed by atoms with Crippen molar-refractivity contribution in [3.05, 3.63) is 70.8 Å². The number of Topliss-reactive ketones (excluding diaryl/α,β-unsaturated/α-hetero) is 1. The monoisotopic (exact) mass is 322 g/mol. The third-order valence-electron chi connectivity index (χ3n) is 3.29. The summed E-state index contributed by atoms with van der Waals surface area (Å²) < 4.78 is 38.7. The normalized spacial score (nSPS) is 11.2. The molecule has 0 N–H and O–H groups in total. The third kappa shape index (κ3) is 4.01. The number of benzene rings is 2. The molecule has 0 aliphatic rings. The van der Waals surface area contributed by atoms with Crippen molar-refractivity contribution in [2.75, 3.05) is 0 Å². The van der Waals surface area contributed by atoms with Crippen molar-refractivity contribution in [2.24, 2.45) is 0 Å². The number of aryl methyl sites for hydroxylation is 1. The van der Waals surface area contributed by atoms with Crippen LogP contribution in [0.5, 0.6) is 0 Å². The van der Waals surface area contributed by atoms with Crippen molar-refractivity contribution in [1.82, 2.24) is 0 Å². The van der Waals surface area contributed by atoms with Gasteiger partial charge in [-0.15, -0.1) is 0 Å². The summed E-state index contributed by atoms with van der Waals surface area (Å²) >= 11 is 4.80. The molecule has 1 nitrogen and oxygen atoms in total. The Balaban J connectivity index is 2.11. The molecule has 0 aliphatic carbocycles. The maximum absolute atomic E-state index is 12.9. The topological polar surface area (TPSA) is 17.1 Å². The van der Waals surface area contributed by atoms with Gasteiger partial charge in [-0.1, -0.05) is 54.7 Å². The van der Waals surface area contributed by atoms with Crippen molar-refractivity contribution in [2.45, 2.75) is 19.0 Å². The van der Waals surface area contributed by atoms with Gasteiger partial charge < -0.3 is 0 Å². The number of carbonyl (C=O) groups excluding carboxylic acids is 1. The highest BCUT2D eigenvalue weighted by Crippen LogP contribution is 2.32. The Labute approximate surface area is 131 Å². The standard InChI is InChI=1S/C17H13F3OS/c18-17(19,20)15-4-2-1-3-14(15)16(21)10-9-12-5-7-13(11-22)8-6-12/h1-8,11H,9-10H2. The average Bonchev–Trinajstić information content (AvgIpc) is 2.52. The molecule has 0 saturated carbocycles. The van der Waals surface area contributed by atoms with E-state index in [-0.39, 0.29) is 12.0 Å². The number of halogens is 3. The van der Waals surface area contributed by atoms with Crippen LogP contribution in [0.1, 0.15) is 33.5 Å². The first kappa shape index (κ1) is 16.4. The van der Waals surface area contributed by atoms with E-state index in [1.165, 1.54) is 23.6 Å².